The quantitative estimate of drug-likeness (QED) is 0.194. The first-order valence-electron chi connectivity index (χ1n) is 9.60. The lowest BCUT2D eigenvalue weighted by Crippen LogP contribution is -2.22. The van der Waals surface area contributed by atoms with Gasteiger partial charge in [0.15, 0.2) is 0 Å². The van der Waals surface area contributed by atoms with Crippen molar-refractivity contribution >= 4 is 31.9 Å². The number of rotatable bonds is 21. The zero-order chi connectivity index (χ0) is 17.6. The number of hydrogen-bond donors (Lipinski definition) is 2. The molecule has 0 saturated heterocycles. The first-order chi connectivity index (χ1) is 11.9. The Kier molecular flexibility index (Phi) is 24.6. The molecule has 0 rings (SSSR count). The Bertz CT molecular complexity index is 203. The molecule has 6 heteroatoms. The predicted molar refractivity (Wildman–Crippen MR) is 112 cm³/mol. The lowest BCUT2D eigenvalue weighted by Gasteiger charge is -2.07. The Morgan fingerprint density at radius 2 is 0.917 bits per heavy atom. The lowest BCUT2D eigenvalue weighted by molar-refractivity contribution is 0.133. The van der Waals surface area contributed by atoms with Gasteiger partial charge in [-0.05, 0) is 51.6 Å². The summed E-state index contributed by atoms with van der Waals surface area (Å²) in [5.74, 6) is 0. The van der Waals surface area contributed by atoms with Crippen molar-refractivity contribution < 1.29 is 9.47 Å². The minimum Gasteiger partial charge on any atom is -0.380 e. The maximum Gasteiger partial charge on any atom is 0.0590 e. The topological polar surface area (TPSA) is 42.5 Å². The summed E-state index contributed by atoms with van der Waals surface area (Å²) >= 11 is 6.85. The predicted octanol–water partition coefficient (Wildman–Crippen LogP) is 4.11. The third kappa shape index (κ3) is 22.8. The van der Waals surface area contributed by atoms with Crippen LogP contribution in [0, 0.1) is 0 Å². The van der Waals surface area contributed by atoms with Gasteiger partial charge in [-0.1, -0.05) is 44.7 Å². The summed E-state index contributed by atoms with van der Waals surface area (Å²) < 4.78 is 11.1. The van der Waals surface area contributed by atoms with Gasteiger partial charge >= 0.3 is 0 Å². The van der Waals surface area contributed by atoms with Gasteiger partial charge in [-0.15, -0.1) is 0 Å². The Labute approximate surface area is 166 Å². The fraction of sp³-hybridized carbons (Fsp3) is 1.00. The Balaban J connectivity index is 2.93. The molecule has 0 aliphatic carbocycles. The van der Waals surface area contributed by atoms with Crippen molar-refractivity contribution in [3.63, 3.8) is 0 Å². The van der Waals surface area contributed by atoms with E-state index in [2.05, 4.69) is 42.5 Å². The Hall–Kier alpha value is 0.800. The number of halogens is 2. The summed E-state index contributed by atoms with van der Waals surface area (Å²) in [6.45, 7) is 7.64. The molecule has 0 aromatic rings. The summed E-state index contributed by atoms with van der Waals surface area (Å²) in [5, 5.41) is 9.05. The molecule has 0 saturated carbocycles. The van der Waals surface area contributed by atoms with Crippen molar-refractivity contribution in [1.82, 2.24) is 10.6 Å². The van der Waals surface area contributed by atoms with Crippen molar-refractivity contribution in [2.75, 3.05) is 63.3 Å². The summed E-state index contributed by atoms with van der Waals surface area (Å²) in [6, 6.07) is 0. The van der Waals surface area contributed by atoms with Crippen molar-refractivity contribution in [3.8, 4) is 0 Å². The highest BCUT2D eigenvalue weighted by atomic mass is 79.9. The van der Waals surface area contributed by atoms with Gasteiger partial charge in [-0.3, -0.25) is 0 Å². The maximum atomic E-state index is 5.55. The van der Waals surface area contributed by atoms with Crippen LogP contribution in [0.1, 0.15) is 51.4 Å². The molecule has 0 spiro atoms. The second-order valence-electron chi connectivity index (χ2n) is 5.93. The molecule has 146 valence electrons. The third-order valence-corrected chi connectivity index (χ3v) is 4.77. The maximum absolute atomic E-state index is 5.55. The van der Waals surface area contributed by atoms with E-state index in [0.29, 0.717) is 0 Å². The molecule has 0 radical (unpaired) electrons. The standard InChI is InChI=1S/C18H38Br2N2O2/c19-9-3-7-15-23-17-13-21-11-5-1-2-6-12-22-14-18-24-16-8-4-10-20/h21-22H,1-18H2. The number of ether oxygens (including phenoxy) is 2. The van der Waals surface area contributed by atoms with E-state index >= 15 is 0 Å². The van der Waals surface area contributed by atoms with E-state index < -0.39 is 0 Å². The van der Waals surface area contributed by atoms with Crippen molar-refractivity contribution in [1.29, 1.82) is 0 Å². The molecule has 0 atom stereocenters. The lowest BCUT2D eigenvalue weighted by atomic mass is 10.2. The van der Waals surface area contributed by atoms with Gasteiger partial charge in [0.1, 0.15) is 0 Å². The zero-order valence-electron chi connectivity index (χ0n) is 15.3. The SMILES string of the molecule is BrCCCCOCCNCCCCCCNCCOCCCCBr. The number of hydrogen-bond acceptors (Lipinski definition) is 4. The highest BCUT2D eigenvalue weighted by Crippen LogP contribution is 1.98. The summed E-state index contributed by atoms with van der Waals surface area (Å²) in [4.78, 5) is 0. The molecule has 0 aromatic carbocycles. The van der Waals surface area contributed by atoms with Crippen LogP contribution in [0.3, 0.4) is 0 Å². The fourth-order valence-corrected chi connectivity index (χ4v) is 2.99. The van der Waals surface area contributed by atoms with Crippen LogP contribution >= 0.6 is 31.9 Å². The first-order valence-corrected chi connectivity index (χ1v) is 11.8. The molecular formula is C18H38Br2N2O2. The van der Waals surface area contributed by atoms with Gasteiger partial charge < -0.3 is 20.1 Å². The molecule has 2 N–H and O–H groups in total. The normalized spacial score (nSPS) is 11.2. The van der Waals surface area contributed by atoms with Crippen LogP contribution in [0.4, 0.5) is 0 Å². The summed E-state index contributed by atoms with van der Waals surface area (Å²) in [6.07, 6.45) is 9.86. The second-order valence-corrected chi connectivity index (χ2v) is 7.52. The number of alkyl halides is 2. The molecule has 0 bridgehead atoms. The van der Waals surface area contributed by atoms with E-state index in [1.807, 2.05) is 0 Å². The largest absolute Gasteiger partial charge is 0.380 e. The van der Waals surface area contributed by atoms with Crippen LogP contribution in [-0.2, 0) is 9.47 Å². The van der Waals surface area contributed by atoms with Crippen LogP contribution < -0.4 is 10.6 Å². The number of nitrogens with one attached hydrogen (secondary N) is 2. The average Bonchev–Trinajstić information content (AvgIpc) is 2.60. The number of unbranched alkanes of at least 4 members (excludes halogenated alkanes) is 5. The monoisotopic (exact) mass is 472 g/mol. The van der Waals surface area contributed by atoms with Gasteiger partial charge in [-0.2, -0.15) is 0 Å². The van der Waals surface area contributed by atoms with E-state index in [0.717, 1.165) is 76.1 Å². The molecule has 24 heavy (non-hydrogen) atoms. The Morgan fingerprint density at radius 3 is 1.33 bits per heavy atom. The van der Waals surface area contributed by atoms with Gasteiger partial charge in [0.05, 0.1) is 13.2 Å². The van der Waals surface area contributed by atoms with E-state index in [1.54, 1.807) is 0 Å². The smallest absolute Gasteiger partial charge is 0.0590 e. The van der Waals surface area contributed by atoms with E-state index in [1.165, 1.54) is 38.5 Å². The van der Waals surface area contributed by atoms with Crippen molar-refractivity contribution in [3.05, 3.63) is 0 Å². The van der Waals surface area contributed by atoms with E-state index in [-0.39, 0.29) is 0 Å². The van der Waals surface area contributed by atoms with Crippen LogP contribution in [0.25, 0.3) is 0 Å². The second kappa shape index (κ2) is 23.8. The van der Waals surface area contributed by atoms with Gasteiger partial charge in [0.2, 0.25) is 0 Å². The highest BCUT2D eigenvalue weighted by Gasteiger charge is 1.93. The molecule has 0 aliphatic heterocycles. The first kappa shape index (κ1) is 24.8. The molecule has 0 fully saturated rings. The zero-order valence-corrected chi connectivity index (χ0v) is 18.5. The molecule has 4 nitrogen and oxygen atoms in total. The summed E-state index contributed by atoms with van der Waals surface area (Å²) in [7, 11) is 0. The van der Waals surface area contributed by atoms with E-state index in [9.17, 15) is 0 Å². The molecule has 0 aliphatic rings. The molecule has 0 heterocycles. The molecular weight excluding hydrogens is 436 g/mol. The van der Waals surface area contributed by atoms with Gasteiger partial charge in [-0.25, -0.2) is 0 Å². The minimum atomic E-state index is 0.838. The third-order valence-electron chi connectivity index (χ3n) is 3.65. The molecule has 0 aromatic heterocycles. The van der Waals surface area contributed by atoms with Gasteiger partial charge in [0.25, 0.3) is 0 Å². The van der Waals surface area contributed by atoms with E-state index in [4.69, 9.17) is 9.47 Å². The van der Waals surface area contributed by atoms with Crippen LogP contribution in [0.2, 0.25) is 0 Å². The van der Waals surface area contributed by atoms with Gasteiger partial charge in [0, 0.05) is 37.0 Å². The van der Waals surface area contributed by atoms with Crippen molar-refractivity contribution in [2.24, 2.45) is 0 Å². The fourth-order valence-electron chi connectivity index (χ4n) is 2.19. The van der Waals surface area contributed by atoms with Crippen LogP contribution in [0.15, 0.2) is 0 Å². The van der Waals surface area contributed by atoms with Crippen molar-refractivity contribution in [2.45, 2.75) is 51.4 Å². The van der Waals surface area contributed by atoms with Crippen LogP contribution in [0.5, 0.6) is 0 Å². The minimum absolute atomic E-state index is 0.838. The average molecular weight is 474 g/mol. The molecule has 0 unspecified atom stereocenters. The summed E-state index contributed by atoms with van der Waals surface area (Å²) in [5.41, 5.74) is 0. The molecule has 0 amide bonds. The Morgan fingerprint density at radius 1 is 0.458 bits per heavy atom. The van der Waals surface area contributed by atoms with Crippen LogP contribution in [-0.4, -0.2) is 63.3 Å². The highest BCUT2D eigenvalue weighted by molar-refractivity contribution is 9.09.